The van der Waals surface area contributed by atoms with E-state index in [4.69, 9.17) is 0 Å². The largest absolute Gasteiger partial charge is 0.324 e. The summed E-state index contributed by atoms with van der Waals surface area (Å²) < 4.78 is 27.9. The molecule has 0 bridgehead atoms. The van der Waals surface area contributed by atoms with Gasteiger partial charge in [-0.3, -0.25) is 4.79 Å². The van der Waals surface area contributed by atoms with Crippen molar-refractivity contribution in [2.24, 2.45) is 0 Å². The summed E-state index contributed by atoms with van der Waals surface area (Å²) in [6, 6.07) is 13.8. The van der Waals surface area contributed by atoms with Crippen LogP contribution in [0.3, 0.4) is 0 Å². The SMILES string of the molecule is CC(C)c1cccc(C(C)C)c1NC(=O)[C@@H]1CCCCN1S(=O)(=O)c1ccccc1. The molecule has 30 heavy (non-hydrogen) atoms. The normalized spacial score (nSPS) is 18.0. The van der Waals surface area contributed by atoms with E-state index in [1.165, 1.54) is 4.31 Å². The lowest BCUT2D eigenvalue weighted by Crippen LogP contribution is -2.50. The molecule has 1 heterocycles. The number of nitrogens with zero attached hydrogens (tertiary/aromatic N) is 1. The minimum absolute atomic E-state index is 0.232. The van der Waals surface area contributed by atoms with Crippen molar-refractivity contribution < 1.29 is 13.2 Å². The number of carbonyl (C=O) groups excluding carboxylic acids is 1. The van der Waals surface area contributed by atoms with Crippen LogP contribution < -0.4 is 5.32 Å². The fraction of sp³-hybridized carbons (Fsp3) is 0.458. The molecular weight excluding hydrogens is 396 g/mol. The predicted octanol–water partition coefficient (Wildman–Crippen LogP) is 5.12. The Hall–Kier alpha value is -2.18. The van der Waals surface area contributed by atoms with Gasteiger partial charge in [-0.1, -0.05) is 70.5 Å². The third kappa shape index (κ3) is 4.60. The molecule has 0 radical (unpaired) electrons. The van der Waals surface area contributed by atoms with Crippen LogP contribution in [-0.4, -0.2) is 31.2 Å². The maximum Gasteiger partial charge on any atom is 0.243 e. The maximum atomic E-state index is 13.4. The Morgan fingerprint density at radius 3 is 2.10 bits per heavy atom. The fourth-order valence-corrected chi connectivity index (χ4v) is 5.76. The molecule has 5 nitrogen and oxygen atoms in total. The van der Waals surface area contributed by atoms with Gasteiger partial charge in [0, 0.05) is 12.2 Å². The Labute approximate surface area is 180 Å². The van der Waals surface area contributed by atoms with E-state index in [1.54, 1.807) is 30.3 Å². The smallest absolute Gasteiger partial charge is 0.243 e. The van der Waals surface area contributed by atoms with Crippen LogP contribution in [0, 0.1) is 0 Å². The van der Waals surface area contributed by atoms with Crippen molar-refractivity contribution in [2.75, 3.05) is 11.9 Å². The van der Waals surface area contributed by atoms with Crippen LogP contribution in [-0.2, 0) is 14.8 Å². The number of rotatable bonds is 6. The summed E-state index contributed by atoms with van der Waals surface area (Å²) in [6.45, 7) is 8.76. The first-order valence-electron chi connectivity index (χ1n) is 10.7. The summed E-state index contributed by atoms with van der Waals surface area (Å²) in [4.78, 5) is 13.6. The average molecular weight is 429 g/mol. The highest BCUT2D eigenvalue weighted by Gasteiger charge is 2.38. The van der Waals surface area contributed by atoms with Crippen LogP contribution >= 0.6 is 0 Å². The summed E-state index contributed by atoms with van der Waals surface area (Å²) in [6.07, 6.45) is 2.12. The van der Waals surface area contributed by atoms with Gasteiger partial charge in [-0.15, -0.1) is 0 Å². The van der Waals surface area contributed by atoms with Gasteiger partial charge in [0.25, 0.3) is 0 Å². The van der Waals surface area contributed by atoms with Gasteiger partial charge in [-0.2, -0.15) is 4.31 Å². The van der Waals surface area contributed by atoms with Crippen LogP contribution in [0.2, 0.25) is 0 Å². The minimum atomic E-state index is -3.73. The molecule has 2 aromatic carbocycles. The van der Waals surface area contributed by atoms with Crippen molar-refractivity contribution in [3.63, 3.8) is 0 Å². The van der Waals surface area contributed by atoms with Gasteiger partial charge in [0.05, 0.1) is 4.90 Å². The minimum Gasteiger partial charge on any atom is -0.324 e. The van der Waals surface area contributed by atoms with Crippen LogP contribution in [0.5, 0.6) is 0 Å². The number of carbonyl (C=O) groups is 1. The molecule has 1 saturated heterocycles. The fourth-order valence-electron chi connectivity index (χ4n) is 4.08. The van der Waals surface area contributed by atoms with E-state index in [-0.39, 0.29) is 22.6 Å². The molecule has 0 saturated carbocycles. The predicted molar refractivity (Wildman–Crippen MR) is 121 cm³/mol. The highest BCUT2D eigenvalue weighted by Crippen LogP contribution is 2.33. The summed E-state index contributed by atoms with van der Waals surface area (Å²) in [5, 5.41) is 3.12. The Bertz CT molecular complexity index is 959. The Balaban J connectivity index is 1.95. The number of hydrogen-bond acceptors (Lipinski definition) is 3. The topological polar surface area (TPSA) is 66.5 Å². The molecule has 1 aliphatic heterocycles. The third-order valence-electron chi connectivity index (χ3n) is 5.73. The Morgan fingerprint density at radius 1 is 0.933 bits per heavy atom. The van der Waals surface area contributed by atoms with Crippen molar-refractivity contribution in [3.8, 4) is 0 Å². The van der Waals surface area contributed by atoms with Crippen molar-refractivity contribution in [3.05, 3.63) is 59.7 Å². The van der Waals surface area contributed by atoms with Gasteiger partial charge < -0.3 is 5.32 Å². The summed E-state index contributed by atoms with van der Waals surface area (Å²) in [7, 11) is -3.73. The van der Waals surface area contributed by atoms with Crippen molar-refractivity contribution in [1.82, 2.24) is 4.31 Å². The second kappa shape index (κ2) is 9.31. The monoisotopic (exact) mass is 428 g/mol. The lowest BCUT2D eigenvalue weighted by atomic mass is 9.92. The van der Waals surface area contributed by atoms with E-state index in [1.807, 2.05) is 18.2 Å². The number of amides is 1. The van der Waals surface area contributed by atoms with E-state index in [0.29, 0.717) is 13.0 Å². The molecule has 6 heteroatoms. The lowest BCUT2D eigenvalue weighted by Gasteiger charge is -2.34. The van der Waals surface area contributed by atoms with Gasteiger partial charge in [0.1, 0.15) is 6.04 Å². The number of nitrogens with one attached hydrogen (secondary N) is 1. The third-order valence-corrected chi connectivity index (χ3v) is 7.65. The average Bonchev–Trinajstić information content (AvgIpc) is 2.74. The second-order valence-electron chi connectivity index (χ2n) is 8.55. The summed E-state index contributed by atoms with van der Waals surface area (Å²) in [5.41, 5.74) is 2.97. The maximum absolute atomic E-state index is 13.4. The van der Waals surface area contributed by atoms with Crippen LogP contribution in [0.25, 0.3) is 0 Å². The first-order valence-corrected chi connectivity index (χ1v) is 12.2. The molecule has 1 N–H and O–H groups in total. The van der Waals surface area contributed by atoms with Gasteiger partial charge in [-0.05, 0) is 47.9 Å². The zero-order valence-corrected chi connectivity index (χ0v) is 19.1. The lowest BCUT2D eigenvalue weighted by molar-refractivity contribution is -0.120. The van der Waals surface area contributed by atoms with Gasteiger partial charge in [-0.25, -0.2) is 8.42 Å². The molecule has 0 aromatic heterocycles. The second-order valence-corrected chi connectivity index (χ2v) is 10.4. The number of sulfonamides is 1. The Kier molecular flexibility index (Phi) is 6.98. The number of piperidine rings is 1. The quantitative estimate of drug-likeness (QED) is 0.695. The van der Waals surface area contributed by atoms with Gasteiger partial charge >= 0.3 is 0 Å². The highest BCUT2D eigenvalue weighted by molar-refractivity contribution is 7.89. The van der Waals surface area contributed by atoms with Gasteiger partial charge in [0.2, 0.25) is 15.9 Å². The molecular formula is C24H32N2O3S. The molecule has 0 unspecified atom stereocenters. The van der Waals surface area contributed by atoms with E-state index < -0.39 is 16.1 Å². The molecule has 162 valence electrons. The highest BCUT2D eigenvalue weighted by atomic mass is 32.2. The number of benzene rings is 2. The van der Waals surface area contributed by atoms with Crippen LogP contribution in [0.4, 0.5) is 5.69 Å². The summed E-state index contributed by atoms with van der Waals surface area (Å²) in [5.74, 6) is 0.244. The van der Waals surface area contributed by atoms with Crippen molar-refractivity contribution in [1.29, 1.82) is 0 Å². The summed E-state index contributed by atoms with van der Waals surface area (Å²) >= 11 is 0. The van der Waals surface area contributed by atoms with E-state index in [2.05, 4.69) is 33.0 Å². The molecule has 0 aliphatic carbocycles. The molecule has 1 atom stereocenters. The van der Waals surface area contributed by atoms with Crippen molar-refractivity contribution in [2.45, 2.75) is 69.7 Å². The van der Waals surface area contributed by atoms with Crippen LogP contribution in [0.1, 0.15) is 69.9 Å². The first kappa shape index (κ1) is 22.5. The zero-order chi connectivity index (χ0) is 21.9. The molecule has 2 aromatic rings. The molecule has 1 aliphatic rings. The number of para-hydroxylation sites is 1. The molecule has 1 amide bonds. The number of hydrogen-bond donors (Lipinski definition) is 1. The van der Waals surface area contributed by atoms with E-state index in [9.17, 15) is 13.2 Å². The molecule has 0 spiro atoms. The van der Waals surface area contributed by atoms with Crippen LogP contribution in [0.15, 0.2) is 53.4 Å². The van der Waals surface area contributed by atoms with E-state index >= 15 is 0 Å². The molecule has 3 rings (SSSR count). The standard InChI is InChI=1S/C24H32N2O3S/c1-17(2)20-13-10-14-21(18(3)4)23(20)25-24(27)22-15-8-9-16-26(22)30(28,29)19-11-6-5-7-12-19/h5-7,10-14,17-18,22H,8-9,15-16H2,1-4H3,(H,25,27)/t22-/m0/s1. The van der Waals surface area contributed by atoms with Gasteiger partial charge in [0.15, 0.2) is 0 Å². The zero-order valence-electron chi connectivity index (χ0n) is 18.3. The van der Waals surface area contributed by atoms with Crippen molar-refractivity contribution >= 4 is 21.6 Å². The van der Waals surface area contributed by atoms with E-state index in [0.717, 1.165) is 29.7 Å². The first-order chi connectivity index (χ1) is 14.2. The number of anilines is 1. The Morgan fingerprint density at radius 2 is 1.53 bits per heavy atom. The molecule has 1 fully saturated rings.